The summed E-state index contributed by atoms with van der Waals surface area (Å²) in [5, 5.41) is 10.0. The van der Waals surface area contributed by atoms with Crippen LogP contribution in [-0.4, -0.2) is 17.4 Å². The molecule has 0 bridgehead atoms. The normalized spacial score (nSPS) is 15.8. The van der Waals surface area contributed by atoms with Crippen LogP contribution in [0, 0.1) is 13.8 Å². The second kappa shape index (κ2) is 9.98. The van der Waals surface area contributed by atoms with Crippen LogP contribution in [0.5, 0.6) is 5.75 Å². The van der Waals surface area contributed by atoms with Crippen molar-refractivity contribution in [2.24, 2.45) is 4.99 Å². The van der Waals surface area contributed by atoms with Crippen LogP contribution in [0.2, 0.25) is 0 Å². The monoisotopic (exact) mass is 391 g/mol. The standard InChI is InChI=1S/C15H21NO.2ClH.Zr/c1-11-8-9-12(2)15(17)14(11)10-16-13-6-4-3-5-7-13;;;/h8-10,13,17H,3-7H2,1-2H3;2*1H;/q;;;+2/p-2. The molecule has 1 aromatic rings. The van der Waals surface area contributed by atoms with Gasteiger partial charge in [-0.2, -0.15) is 0 Å². The van der Waals surface area contributed by atoms with E-state index in [1.165, 1.54) is 32.1 Å². The molecule has 5 heteroatoms. The van der Waals surface area contributed by atoms with E-state index < -0.39 is 20.8 Å². The fraction of sp³-hybridized carbons (Fsp3) is 0.533. The molecule has 1 saturated carbocycles. The Morgan fingerprint density at radius 1 is 1.15 bits per heavy atom. The fourth-order valence-corrected chi connectivity index (χ4v) is 2.39. The first-order valence-corrected chi connectivity index (χ1v) is 13.2. The van der Waals surface area contributed by atoms with E-state index in [-0.39, 0.29) is 0 Å². The van der Waals surface area contributed by atoms with Crippen LogP contribution in [0.3, 0.4) is 0 Å². The molecule has 0 heterocycles. The molecule has 110 valence electrons. The van der Waals surface area contributed by atoms with Crippen molar-refractivity contribution < 1.29 is 26.0 Å². The van der Waals surface area contributed by atoms with Gasteiger partial charge in [-0.05, 0) is 37.8 Å². The van der Waals surface area contributed by atoms with Crippen molar-refractivity contribution in [3.63, 3.8) is 0 Å². The van der Waals surface area contributed by atoms with E-state index in [9.17, 15) is 5.11 Å². The summed E-state index contributed by atoms with van der Waals surface area (Å²) in [6.45, 7) is 3.94. The zero-order valence-electron chi connectivity index (χ0n) is 12.0. The van der Waals surface area contributed by atoms with E-state index in [2.05, 4.69) is 4.99 Å². The van der Waals surface area contributed by atoms with Gasteiger partial charge in [0.25, 0.3) is 0 Å². The van der Waals surface area contributed by atoms with Gasteiger partial charge < -0.3 is 5.11 Å². The minimum absolute atomic E-state index is 0.379. The number of aryl methyl sites for hydroxylation is 2. The Hall–Kier alpha value is 0.153. The van der Waals surface area contributed by atoms with E-state index in [1.807, 2.05) is 32.2 Å². The average molecular weight is 393 g/mol. The predicted molar refractivity (Wildman–Crippen MR) is 83.8 cm³/mol. The first-order chi connectivity index (χ1) is 9.60. The van der Waals surface area contributed by atoms with Crippen molar-refractivity contribution in [3.8, 4) is 5.75 Å². The van der Waals surface area contributed by atoms with Gasteiger partial charge in [-0.1, -0.05) is 31.4 Å². The molecule has 0 aromatic heterocycles. The van der Waals surface area contributed by atoms with E-state index in [4.69, 9.17) is 17.0 Å². The molecular weight excluding hydrogens is 372 g/mol. The van der Waals surface area contributed by atoms with E-state index in [1.54, 1.807) is 0 Å². The first kappa shape index (κ1) is 18.2. The van der Waals surface area contributed by atoms with Gasteiger partial charge in [-0.15, -0.1) is 0 Å². The van der Waals surface area contributed by atoms with Crippen molar-refractivity contribution >= 4 is 23.2 Å². The molecule has 1 aromatic carbocycles. The topological polar surface area (TPSA) is 32.6 Å². The maximum atomic E-state index is 10.0. The summed E-state index contributed by atoms with van der Waals surface area (Å²) in [6.07, 6.45) is 8.19. The maximum absolute atomic E-state index is 10.0. The Morgan fingerprint density at radius 3 is 2.30 bits per heavy atom. The SMILES string of the molecule is Cc1ccc(C)c(C=NC2CCCCC2)c1O.[Cl][Zr][Cl]. The molecule has 0 unspecified atom stereocenters. The number of benzene rings is 1. The van der Waals surface area contributed by atoms with Crippen molar-refractivity contribution in [1.82, 2.24) is 0 Å². The van der Waals surface area contributed by atoms with Crippen LogP contribution in [0.15, 0.2) is 17.1 Å². The summed E-state index contributed by atoms with van der Waals surface area (Å²) < 4.78 is 0. The summed E-state index contributed by atoms with van der Waals surface area (Å²) >= 11 is -0.826. The number of hydrogen-bond donors (Lipinski definition) is 1. The summed E-state index contributed by atoms with van der Waals surface area (Å²) in [4.78, 5) is 4.63. The number of aliphatic imine (C=N–C) groups is 1. The van der Waals surface area contributed by atoms with Crippen LogP contribution in [0.4, 0.5) is 0 Å². The van der Waals surface area contributed by atoms with Gasteiger partial charge in [-0.25, -0.2) is 0 Å². The summed E-state index contributed by atoms with van der Waals surface area (Å²) in [5.41, 5.74) is 2.89. The zero-order chi connectivity index (χ0) is 15.0. The number of halogens is 2. The molecular formula is C15H21Cl2NOZr. The van der Waals surface area contributed by atoms with Gasteiger partial charge in [0, 0.05) is 17.8 Å². The molecule has 2 nitrogen and oxygen atoms in total. The van der Waals surface area contributed by atoms with Crippen LogP contribution in [0.25, 0.3) is 0 Å². The predicted octanol–water partition coefficient (Wildman–Crippen LogP) is 5.14. The van der Waals surface area contributed by atoms with Crippen LogP contribution >= 0.6 is 17.0 Å². The molecule has 0 spiro atoms. The van der Waals surface area contributed by atoms with Gasteiger partial charge in [-0.3, -0.25) is 4.99 Å². The molecule has 0 aliphatic heterocycles. The van der Waals surface area contributed by atoms with E-state index in [0.29, 0.717) is 11.8 Å². The van der Waals surface area contributed by atoms with Gasteiger partial charge in [0.1, 0.15) is 5.75 Å². The number of nitrogens with zero attached hydrogens (tertiary/aromatic N) is 1. The van der Waals surface area contributed by atoms with Crippen LogP contribution in [-0.2, 0) is 20.8 Å². The average Bonchev–Trinajstić information content (AvgIpc) is 2.45. The molecule has 0 saturated heterocycles. The van der Waals surface area contributed by atoms with Crippen molar-refractivity contribution in [3.05, 3.63) is 28.8 Å². The van der Waals surface area contributed by atoms with E-state index >= 15 is 0 Å². The number of hydrogen-bond acceptors (Lipinski definition) is 2. The van der Waals surface area contributed by atoms with Crippen LogP contribution in [0.1, 0.15) is 48.8 Å². The van der Waals surface area contributed by atoms with Gasteiger partial charge in [0.2, 0.25) is 0 Å². The molecule has 0 atom stereocenters. The Kier molecular flexibility index (Phi) is 9.08. The zero-order valence-corrected chi connectivity index (χ0v) is 16.0. The van der Waals surface area contributed by atoms with Crippen molar-refractivity contribution in [2.75, 3.05) is 0 Å². The molecule has 1 N–H and O–H groups in total. The molecule has 1 aliphatic carbocycles. The molecule has 2 rings (SSSR count). The number of rotatable bonds is 2. The van der Waals surface area contributed by atoms with Gasteiger partial charge >= 0.3 is 37.9 Å². The minimum atomic E-state index is -0.826. The number of phenols is 1. The third kappa shape index (κ3) is 5.87. The summed E-state index contributed by atoms with van der Waals surface area (Å²) in [6, 6.07) is 4.45. The Balaban J connectivity index is 0.000000612. The quantitative estimate of drug-likeness (QED) is 0.694. The van der Waals surface area contributed by atoms with Crippen LogP contribution < -0.4 is 0 Å². The second-order valence-corrected chi connectivity index (χ2v) is 8.83. The molecule has 0 amide bonds. The van der Waals surface area contributed by atoms with Crippen molar-refractivity contribution in [2.45, 2.75) is 52.0 Å². The number of phenolic OH excluding ortho intramolecular Hbond substituents is 1. The van der Waals surface area contributed by atoms with Gasteiger partial charge in [0.05, 0.1) is 0 Å². The second-order valence-electron chi connectivity index (χ2n) is 5.10. The number of aromatic hydroxyl groups is 1. The third-order valence-electron chi connectivity index (χ3n) is 3.63. The molecule has 0 radical (unpaired) electrons. The molecule has 20 heavy (non-hydrogen) atoms. The fourth-order valence-electron chi connectivity index (χ4n) is 2.39. The summed E-state index contributed by atoms with van der Waals surface area (Å²) in [7, 11) is 9.87. The first-order valence-electron chi connectivity index (χ1n) is 6.88. The van der Waals surface area contributed by atoms with Gasteiger partial charge in [0.15, 0.2) is 0 Å². The molecule has 1 aliphatic rings. The Labute approximate surface area is 140 Å². The Morgan fingerprint density at radius 2 is 1.70 bits per heavy atom. The third-order valence-corrected chi connectivity index (χ3v) is 3.63. The molecule has 1 fully saturated rings. The Bertz CT molecular complexity index is 446. The summed E-state index contributed by atoms with van der Waals surface area (Å²) in [5.74, 6) is 0.379. The van der Waals surface area contributed by atoms with Crippen molar-refractivity contribution in [1.29, 1.82) is 0 Å². The van der Waals surface area contributed by atoms with E-state index in [0.717, 1.165) is 16.7 Å².